The number of carbonyl (C=O) groups is 2. The minimum Gasteiger partial charge on any atom is -0.455 e. The number of benzene rings is 1. The lowest BCUT2D eigenvalue weighted by Crippen LogP contribution is -2.35. The first-order chi connectivity index (χ1) is 10.6. The van der Waals surface area contributed by atoms with Crippen molar-refractivity contribution in [3.63, 3.8) is 0 Å². The monoisotopic (exact) mass is 329 g/mol. The molecule has 1 aromatic carbocycles. The van der Waals surface area contributed by atoms with E-state index in [4.69, 9.17) is 21.1 Å². The molecular formula is C15H17ClFNO4. The smallest absolute Gasteiger partial charge is 0.310 e. The van der Waals surface area contributed by atoms with Crippen molar-refractivity contribution in [2.24, 2.45) is 0 Å². The lowest BCUT2D eigenvalue weighted by molar-refractivity contribution is -0.148. The van der Waals surface area contributed by atoms with Gasteiger partial charge >= 0.3 is 5.97 Å². The number of halogens is 2. The fourth-order valence-electron chi connectivity index (χ4n) is 2.13. The zero-order chi connectivity index (χ0) is 15.9. The molecule has 2 rings (SSSR count). The number of amides is 1. The second-order valence-electron chi connectivity index (χ2n) is 4.98. The topological polar surface area (TPSA) is 64.6 Å². The number of nitrogens with one attached hydrogen (secondary N) is 1. The summed E-state index contributed by atoms with van der Waals surface area (Å²) in [4.78, 5) is 23.2. The molecule has 0 unspecified atom stereocenters. The van der Waals surface area contributed by atoms with E-state index in [-0.39, 0.29) is 23.1 Å². The van der Waals surface area contributed by atoms with Gasteiger partial charge in [-0.2, -0.15) is 0 Å². The first-order valence-electron chi connectivity index (χ1n) is 7.03. The highest BCUT2D eigenvalue weighted by Gasteiger charge is 2.17. The molecule has 5 nitrogen and oxygen atoms in total. The summed E-state index contributed by atoms with van der Waals surface area (Å²) in [5, 5.41) is 2.78. The molecular weight excluding hydrogens is 313 g/mol. The first kappa shape index (κ1) is 16.7. The van der Waals surface area contributed by atoms with E-state index in [1.807, 2.05) is 0 Å². The van der Waals surface area contributed by atoms with E-state index < -0.39 is 24.3 Å². The maximum absolute atomic E-state index is 13.5. The van der Waals surface area contributed by atoms with Gasteiger partial charge in [-0.15, -0.1) is 0 Å². The van der Waals surface area contributed by atoms with Gasteiger partial charge in [0.1, 0.15) is 5.82 Å². The summed E-state index contributed by atoms with van der Waals surface area (Å²) in [5.41, 5.74) is 0.0638. The Hall–Kier alpha value is -1.66. The summed E-state index contributed by atoms with van der Waals surface area (Å²) in [6.45, 7) is 0.700. The summed E-state index contributed by atoms with van der Waals surface area (Å²) in [5.74, 6) is -1.70. The molecule has 1 fully saturated rings. The van der Waals surface area contributed by atoms with Gasteiger partial charge in [-0.05, 0) is 25.0 Å². The Morgan fingerprint density at radius 3 is 2.95 bits per heavy atom. The van der Waals surface area contributed by atoms with Crippen LogP contribution in [0.25, 0.3) is 0 Å². The zero-order valence-electron chi connectivity index (χ0n) is 11.9. The molecule has 0 bridgehead atoms. The Morgan fingerprint density at radius 2 is 2.27 bits per heavy atom. The molecule has 1 aliphatic heterocycles. The van der Waals surface area contributed by atoms with Crippen LogP contribution in [-0.2, 0) is 25.5 Å². The Labute approximate surface area is 132 Å². The van der Waals surface area contributed by atoms with Gasteiger partial charge in [0, 0.05) is 23.7 Å². The van der Waals surface area contributed by atoms with E-state index in [0.717, 1.165) is 12.8 Å². The van der Waals surface area contributed by atoms with Gasteiger partial charge in [0.05, 0.1) is 12.5 Å². The van der Waals surface area contributed by atoms with Crippen LogP contribution in [0.4, 0.5) is 4.39 Å². The van der Waals surface area contributed by atoms with Crippen LogP contribution < -0.4 is 5.32 Å². The number of carbonyl (C=O) groups excluding carboxylic acids is 2. The highest BCUT2D eigenvalue weighted by Crippen LogP contribution is 2.19. The predicted octanol–water partition coefficient (Wildman–Crippen LogP) is 1.86. The molecule has 22 heavy (non-hydrogen) atoms. The predicted molar refractivity (Wildman–Crippen MR) is 78.1 cm³/mol. The number of esters is 1. The van der Waals surface area contributed by atoms with Crippen molar-refractivity contribution >= 4 is 23.5 Å². The molecule has 1 atom stereocenters. The molecule has 7 heteroatoms. The third-order valence-electron chi connectivity index (χ3n) is 3.30. The van der Waals surface area contributed by atoms with Gasteiger partial charge < -0.3 is 14.8 Å². The van der Waals surface area contributed by atoms with E-state index in [2.05, 4.69) is 5.32 Å². The molecule has 120 valence electrons. The van der Waals surface area contributed by atoms with Crippen LogP contribution >= 0.6 is 11.6 Å². The van der Waals surface area contributed by atoms with Crippen LogP contribution in [0.5, 0.6) is 0 Å². The van der Waals surface area contributed by atoms with Crippen molar-refractivity contribution in [3.05, 3.63) is 34.6 Å². The van der Waals surface area contributed by atoms with Crippen molar-refractivity contribution in [1.29, 1.82) is 0 Å². The Morgan fingerprint density at radius 1 is 1.45 bits per heavy atom. The van der Waals surface area contributed by atoms with Crippen LogP contribution in [0.2, 0.25) is 5.02 Å². The first-order valence-corrected chi connectivity index (χ1v) is 7.41. The maximum Gasteiger partial charge on any atom is 0.310 e. The van der Waals surface area contributed by atoms with Gasteiger partial charge in [0.25, 0.3) is 5.91 Å². The van der Waals surface area contributed by atoms with E-state index in [9.17, 15) is 14.0 Å². The van der Waals surface area contributed by atoms with Crippen molar-refractivity contribution < 1.29 is 23.5 Å². The van der Waals surface area contributed by atoms with Crippen molar-refractivity contribution in [3.8, 4) is 0 Å². The van der Waals surface area contributed by atoms with Gasteiger partial charge in [0.2, 0.25) is 0 Å². The fourth-order valence-corrected chi connectivity index (χ4v) is 2.36. The molecule has 0 saturated carbocycles. The van der Waals surface area contributed by atoms with Crippen molar-refractivity contribution in [1.82, 2.24) is 5.32 Å². The number of rotatable bonds is 6. The molecule has 1 heterocycles. The number of hydrogen-bond acceptors (Lipinski definition) is 4. The summed E-state index contributed by atoms with van der Waals surface area (Å²) >= 11 is 5.82. The summed E-state index contributed by atoms with van der Waals surface area (Å²) in [6.07, 6.45) is 1.60. The summed E-state index contributed by atoms with van der Waals surface area (Å²) in [6, 6.07) is 4.15. The number of hydrogen-bond donors (Lipinski definition) is 1. The molecule has 1 saturated heterocycles. The van der Waals surface area contributed by atoms with E-state index in [1.54, 1.807) is 0 Å². The van der Waals surface area contributed by atoms with Gasteiger partial charge in [-0.25, -0.2) is 4.39 Å². The minimum absolute atomic E-state index is 0.0249. The standard InChI is InChI=1S/C15H17ClFNO4/c16-12-4-1-5-13(17)11(12)7-15(20)22-9-14(19)18-8-10-3-2-6-21-10/h1,4-5,10H,2-3,6-9H2,(H,18,19)/t10-/m1/s1. The molecule has 1 amide bonds. The van der Waals surface area contributed by atoms with E-state index >= 15 is 0 Å². The third kappa shape index (κ3) is 4.96. The molecule has 1 aromatic rings. The summed E-state index contributed by atoms with van der Waals surface area (Å²) in [7, 11) is 0. The lowest BCUT2D eigenvalue weighted by Gasteiger charge is -2.11. The Kier molecular flexibility index (Phi) is 6.15. The quantitative estimate of drug-likeness (QED) is 0.809. The van der Waals surface area contributed by atoms with Crippen LogP contribution in [-0.4, -0.2) is 37.7 Å². The average Bonchev–Trinajstić information content (AvgIpc) is 3.00. The van der Waals surface area contributed by atoms with Crippen LogP contribution in [0.3, 0.4) is 0 Å². The van der Waals surface area contributed by atoms with Crippen LogP contribution in [0.1, 0.15) is 18.4 Å². The third-order valence-corrected chi connectivity index (χ3v) is 3.65. The van der Waals surface area contributed by atoms with E-state index in [1.165, 1.54) is 18.2 Å². The number of ether oxygens (including phenoxy) is 2. The average molecular weight is 330 g/mol. The molecule has 1 aliphatic rings. The van der Waals surface area contributed by atoms with Crippen LogP contribution in [0, 0.1) is 5.82 Å². The molecule has 0 spiro atoms. The molecule has 1 N–H and O–H groups in total. The largest absolute Gasteiger partial charge is 0.455 e. The zero-order valence-corrected chi connectivity index (χ0v) is 12.7. The normalized spacial score (nSPS) is 17.3. The van der Waals surface area contributed by atoms with Gasteiger partial charge in [-0.3, -0.25) is 9.59 Å². The second-order valence-corrected chi connectivity index (χ2v) is 5.38. The molecule has 0 aromatic heterocycles. The summed E-state index contributed by atoms with van der Waals surface area (Å²) < 4.78 is 23.7. The van der Waals surface area contributed by atoms with Gasteiger partial charge in [-0.1, -0.05) is 17.7 Å². The van der Waals surface area contributed by atoms with E-state index in [0.29, 0.717) is 13.2 Å². The van der Waals surface area contributed by atoms with Crippen LogP contribution in [0.15, 0.2) is 18.2 Å². The lowest BCUT2D eigenvalue weighted by atomic mass is 10.1. The van der Waals surface area contributed by atoms with Crippen molar-refractivity contribution in [2.75, 3.05) is 19.8 Å². The SMILES string of the molecule is O=C(COC(=O)Cc1c(F)cccc1Cl)NC[C@H]1CCCO1. The highest BCUT2D eigenvalue weighted by molar-refractivity contribution is 6.31. The second kappa shape index (κ2) is 8.10. The Balaban J connectivity index is 1.71. The van der Waals surface area contributed by atoms with Crippen molar-refractivity contribution in [2.45, 2.75) is 25.4 Å². The molecule has 0 aliphatic carbocycles. The minimum atomic E-state index is -0.709. The maximum atomic E-state index is 13.5. The Bertz CT molecular complexity index is 526. The fraction of sp³-hybridized carbons (Fsp3) is 0.467. The van der Waals surface area contributed by atoms with Gasteiger partial charge in [0.15, 0.2) is 6.61 Å². The highest BCUT2D eigenvalue weighted by atomic mass is 35.5. The molecule has 0 radical (unpaired) electrons.